The lowest BCUT2D eigenvalue weighted by atomic mass is 9.85. The number of halogens is 2. The van der Waals surface area contributed by atoms with Crippen molar-refractivity contribution in [1.82, 2.24) is 0 Å². The van der Waals surface area contributed by atoms with E-state index >= 15 is 0 Å². The van der Waals surface area contributed by atoms with Crippen molar-refractivity contribution in [3.05, 3.63) is 108 Å². The number of Topliss-reactive ketones (excluding diaryl/α,β-unsaturated/α-hetero) is 1. The average Bonchev–Trinajstić information content (AvgIpc) is 2.85. The Hall–Kier alpha value is -3.20. The van der Waals surface area contributed by atoms with E-state index in [1.807, 2.05) is 54.6 Å². The molecule has 0 amide bonds. The van der Waals surface area contributed by atoms with E-state index in [1.165, 1.54) is 10.8 Å². The quantitative estimate of drug-likeness (QED) is 0.140. The molecule has 4 heteroatoms. The number of hydrogen-bond donors (Lipinski definition) is 0. The molecule has 0 saturated heterocycles. The smallest absolute Gasteiger partial charge is 0.253 e. The van der Waals surface area contributed by atoms with Crippen LogP contribution in [0.25, 0.3) is 32.3 Å². The zero-order chi connectivity index (χ0) is 22.9. The zero-order valence-corrected chi connectivity index (χ0v) is 19.2. The van der Waals surface area contributed by atoms with E-state index in [2.05, 4.69) is 30.3 Å². The first-order chi connectivity index (χ1) is 16.0. The minimum atomic E-state index is -0.406. The maximum absolute atomic E-state index is 12.3. The van der Waals surface area contributed by atoms with Gasteiger partial charge in [-0.25, -0.2) is 0 Å². The molecular weight excluding hydrogens is 451 g/mol. The van der Waals surface area contributed by atoms with Crippen molar-refractivity contribution in [2.45, 2.75) is 18.2 Å². The molecule has 0 spiro atoms. The van der Waals surface area contributed by atoms with E-state index < -0.39 is 5.24 Å². The standard InChI is InChI=1S/C18H13ClO.C11H7ClO/c19-16-9-10-17(20)18-14-6-5-11-3-1-2-4-12(11)13(14)7-8-15(16)18;12-11(13)10-7-3-5-8-4-1-2-6-9(8)10/h1-8,16H,9-10H2;1-7H. The fourth-order valence-corrected chi connectivity index (χ4v) is 5.07. The summed E-state index contributed by atoms with van der Waals surface area (Å²) in [6.07, 6.45) is 1.29. The summed E-state index contributed by atoms with van der Waals surface area (Å²) < 4.78 is 0. The summed E-state index contributed by atoms with van der Waals surface area (Å²) in [4.78, 5) is 23.3. The van der Waals surface area contributed by atoms with Gasteiger partial charge in [0.2, 0.25) is 0 Å². The second-order valence-corrected chi connectivity index (χ2v) is 9.01. The zero-order valence-electron chi connectivity index (χ0n) is 17.7. The molecule has 1 aliphatic rings. The van der Waals surface area contributed by atoms with Crippen molar-refractivity contribution < 1.29 is 9.59 Å². The van der Waals surface area contributed by atoms with Gasteiger partial charge in [0.1, 0.15) is 0 Å². The molecule has 0 fully saturated rings. The summed E-state index contributed by atoms with van der Waals surface area (Å²) in [5, 5.41) is 6.06. The molecule has 0 aliphatic heterocycles. The summed E-state index contributed by atoms with van der Waals surface area (Å²) in [5.41, 5.74) is 2.39. The van der Waals surface area contributed by atoms with Gasteiger partial charge < -0.3 is 0 Å². The first-order valence-electron chi connectivity index (χ1n) is 10.8. The number of carbonyl (C=O) groups is 2. The lowest BCUT2D eigenvalue weighted by Crippen LogP contribution is -2.13. The van der Waals surface area contributed by atoms with Crippen LogP contribution in [-0.4, -0.2) is 11.0 Å². The molecule has 1 aliphatic carbocycles. The van der Waals surface area contributed by atoms with Crippen LogP contribution in [0.1, 0.15) is 44.5 Å². The van der Waals surface area contributed by atoms with Crippen molar-refractivity contribution in [3.8, 4) is 0 Å². The fraction of sp³-hybridized carbons (Fsp3) is 0.103. The van der Waals surface area contributed by atoms with Crippen LogP contribution in [0, 0.1) is 0 Å². The maximum Gasteiger partial charge on any atom is 0.253 e. The largest absolute Gasteiger partial charge is 0.294 e. The molecule has 0 heterocycles. The Bertz CT molecular complexity index is 1530. The molecule has 0 radical (unpaired) electrons. The van der Waals surface area contributed by atoms with E-state index in [0.29, 0.717) is 12.0 Å². The molecule has 5 aromatic carbocycles. The lowest BCUT2D eigenvalue weighted by molar-refractivity contribution is 0.0972. The Labute approximate surface area is 201 Å². The van der Waals surface area contributed by atoms with Gasteiger partial charge in [0.25, 0.3) is 5.24 Å². The van der Waals surface area contributed by atoms with E-state index in [0.717, 1.165) is 39.1 Å². The van der Waals surface area contributed by atoms with Crippen LogP contribution in [0.2, 0.25) is 0 Å². The maximum atomic E-state index is 12.3. The second-order valence-electron chi connectivity index (χ2n) is 8.14. The number of ketones is 1. The van der Waals surface area contributed by atoms with Gasteiger partial charge in [-0.1, -0.05) is 84.9 Å². The predicted molar refractivity (Wildman–Crippen MR) is 138 cm³/mol. The van der Waals surface area contributed by atoms with Gasteiger partial charge in [-0.2, -0.15) is 0 Å². The number of alkyl halides is 1. The Kier molecular flexibility index (Phi) is 5.88. The Morgan fingerprint density at radius 3 is 2.09 bits per heavy atom. The predicted octanol–water partition coefficient (Wildman–Crippen LogP) is 8.47. The van der Waals surface area contributed by atoms with Gasteiger partial charge in [-0.05, 0) is 62.0 Å². The highest BCUT2D eigenvalue weighted by Gasteiger charge is 2.26. The van der Waals surface area contributed by atoms with Crippen LogP contribution in [0.15, 0.2) is 91.0 Å². The third-order valence-electron chi connectivity index (χ3n) is 6.20. The molecule has 33 heavy (non-hydrogen) atoms. The molecule has 1 atom stereocenters. The third-order valence-corrected chi connectivity index (χ3v) is 6.86. The van der Waals surface area contributed by atoms with E-state index in [1.54, 1.807) is 6.07 Å². The lowest BCUT2D eigenvalue weighted by Gasteiger charge is -2.21. The minimum Gasteiger partial charge on any atom is -0.294 e. The Morgan fingerprint density at radius 1 is 0.697 bits per heavy atom. The summed E-state index contributed by atoms with van der Waals surface area (Å²) in [6, 6.07) is 29.7. The number of benzene rings is 5. The second kappa shape index (κ2) is 8.97. The molecule has 162 valence electrons. The molecule has 5 aromatic rings. The molecule has 0 N–H and O–H groups in total. The average molecular weight is 471 g/mol. The molecular formula is C29H20Cl2O2. The van der Waals surface area contributed by atoms with Crippen molar-refractivity contribution in [2.75, 3.05) is 0 Å². The van der Waals surface area contributed by atoms with Crippen molar-refractivity contribution in [2.24, 2.45) is 0 Å². The highest BCUT2D eigenvalue weighted by atomic mass is 35.5. The summed E-state index contributed by atoms with van der Waals surface area (Å²) in [5.74, 6) is 0.220. The highest BCUT2D eigenvalue weighted by Crippen LogP contribution is 2.39. The molecule has 0 aromatic heterocycles. The van der Waals surface area contributed by atoms with Crippen LogP contribution in [0.4, 0.5) is 0 Å². The minimum absolute atomic E-state index is 0.0430. The molecule has 1 unspecified atom stereocenters. The van der Waals surface area contributed by atoms with Crippen LogP contribution in [0.5, 0.6) is 0 Å². The van der Waals surface area contributed by atoms with Crippen LogP contribution < -0.4 is 0 Å². The SMILES string of the molecule is O=C(Cl)c1cccc2ccccc12.O=C1CCC(Cl)c2ccc3c(ccc4ccccc43)c21. The topological polar surface area (TPSA) is 34.1 Å². The Morgan fingerprint density at radius 2 is 1.33 bits per heavy atom. The van der Waals surface area contributed by atoms with Crippen LogP contribution in [-0.2, 0) is 0 Å². The van der Waals surface area contributed by atoms with Crippen molar-refractivity contribution >= 4 is 66.5 Å². The van der Waals surface area contributed by atoms with E-state index in [-0.39, 0.29) is 11.2 Å². The normalized spacial score (nSPS) is 15.2. The number of hydrogen-bond acceptors (Lipinski definition) is 2. The van der Waals surface area contributed by atoms with Gasteiger partial charge in [0.15, 0.2) is 5.78 Å². The summed E-state index contributed by atoms with van der Waals surface area (Å²) >= 11 is 11.8. The monoisotopic (exact) mass is 470 g/mol. The van der Waals surface area contributed by atoms with Gasteiger partial charge in [-0.15, -0.1) is 11.6 Å². The fourth-order valence-electron chi connectivity index (χ4n) is 4.61. The van der Waals surface area contributed by atoms with Gasteiger partial charge >= 0.3 is 0 Å². The van der Waals surface area contributed by atoms with Gasteiger partial charge in [0, 0.05) is 17.5 Å². The highest BCUT2D eigenvalue weighted by molar-refractivity contribution is 6.68. The van der Waals surface area contributed by atoms with Crippen LogP contribution >= 0.6 is 23.2 Å². The van der Waals surface area contributed by atoms with Gasteiger partial charge in [0.05, 0.1) is 5.38 Å². The summed E-state index contributed by atoms with van der Waals surface area (Å²) in [6.45, 7) is 0. The number of carbonyl (C=O) groups excluding carboxylic acids is 2. The molecule has 6 rings (SSSR count). The summed E-state index contributed by atoms with van der Waals surface area (Å²) in [7, 11) is 0. The van der Waals surface area contributed by atoms with E-state index in [4.69, 9.17) is 23.2 Å². The van der Waals surface area contributed by atoms with Crippen molar-refractivity contribution in [1.29, 1.82) is 0 Å². The third kappa shape index (κ3) is 4.01. The van der Waals surface area contributed by atoms with Crippen molar-refractivity contribution in [3.63, 3.8) is 0 Å². The van der Waals surface area contributed by atoms with Gasteiger partial charge in [-0.3, -0.25) is 9.59 Å². The molecule has 0 bridgehead atoms. The first-order valence-corrected chi connectivity index (χ1v) is 11.7. The first kappa shape index (κ1) is 21.6. The number of rotatable bonds is 1. The molecule has 0 saturated carbocycles. The van der Waals surface area contributed by atoms with E-state index in [9.17, 15) is 9.59 Å². The Balaban J connectivity index is 0.000000152. The van der Waals surface area contributed by atoms with Crippen LogP contribution in [0.3, 0.4) is 0 Å². The molecule has 2 nitrogen and oxygen atoms in total. The number of fused-ring (bicyclic) bond motifs is 6.